The van der Waals surface area contributed by atoms with Crippen LogP contribution in [-0.4, -0.2) is 138 Å². The number of ether oxygens (including phenoxy) is 4. The van der Waals surface area contributed by atoms with Crippen LogP contribution in [0, 0.1) is 152 Å². The fourth-order valence-corrected chi connectivity index (χ4v) is 15.8. The number of benzene rings is 4. The molecule has 10 heterocycles. The minimum absolute atomic E-state index is 0. The number of phenolic OH excluding ortho intramolecular Hbond substituents is 4. The van der Waals surface area contributed by atoms with Crippen molar-refractivity contribution in [2.24, 2.45) is 5.73 Å². The number of rotatable bonds is 5. The van der Waals surface area contributed by atoms with Gasteiger partial charge in [0.15, 0.2) is 23.0 Å². The summed E-state index contributed by atoms with van der Waals surface area (Å²) in [6, 6.07) is 13.0. The predicted molar refractivity (Wildman–Crippen MR) is 322 cm³/mol. The fourth-order valence-electron chi connectivity index (χ4n) is 15.2. The maximum Gasteiger partial charge on any atom is 0.255 e. The molecule has 2 aromatic heterocycles. The van der Waals surface area contributed by atoms with Crippen LogP contribution in [0.3, 0.4) is 0 Å². The van der Waals surface area contributed by atoms with Crippen molar-refractivity contribution in [3.05, 3.63) is 148 Å². The molecular formula is C64H65Ac2Cl3N10O10. The second-order valence-corrected chi connectivity index (χ2v) is 24.7. The predicted octanol–water partition coefficient (Wildman–Crippen LogP) is 8.60. The topological polar surface area (TPSA) is 276 Å². The molecular weight excluding hydrogens is 1630 g/mol. The number of carbonyl (C=O) groups excluding carboxylic acids is 2. The van der Waals surface area contributed by atoms with E-state index in [2.05, 4.69) is 59.2 Å². The maximum atomic E-state index is 13.3. The number of halogens is 3. The fraction of sp³-hybridized carbons (Fsp3) is 0.406. The first-order chi connectivity index (χ1) is 41.6. The molecule has 10 atom stereocenters. The Morgan fingerprint density at radius 3 is 1.44 bits per heavy atom. The van der Waals surface area contributed by atoms with Gasteiger partial charge in [0.05, 0.1) is 47.4 Å². The molecule has 6 aromatic rings. The number of fused-ring (bicyclic) bond motifs is 18. The first-order valence-corrected chi connectivity index (χ1v) is 29.9. The van der Waals surface area contributed by atoms with Crippen molar-refractivity contribution in [1.82, 2.24) is 34.9 Å². The second-order valence-electron chi connectivity index (χ2n) is 23.6. The summed E-state index contributed by atoms with van der Waals surface area (Å²) in [6.45, 7) is 12.0. The van der Waals surface area contributed by atoms with Crippen molar-refractivity contribution >= 4 is 46.0 Å². The molecule has 89 heavy (non-hydrogen) atoms. The number of nitrogens with one attached hydrogen (secondary N) is 1. The van der Waals surface area contributed by atoms with Gasteiger partial charge in [-0.2, -0.15) is 10.5 Å². The quantitative estimate of drug-likeness (QED) is 0.0696. The van der Waals surface area contributed by atoms with Crippen LogP contribution in [0.15, 0.2) is 48.8 Å². The van der Waals surface area contributed by atoms with Crippen LogP contribution < -0.4 is 30.0 Å². The number of aryl methyl sites for hydroxylation is 2. The molecule has 8 aliphatic rings. The number of hydrogen-bond donors (Lipinski definition) is 6. The average Bonchev–Trinajstić information content (AvgIpc) is 1.17. The molecule has 4 aromatic carbocycles. The summed E-state index contributed by atoms with van der Waals surface area (Å²) >= 11 is 16.9. The van der Waals surface area contributed by atoms with Gasteiger partial charge < -0.3 is 50.4 Å². The number of aromatic hydroxyl groups is 4. The zero-order valence-electron chi connectivity index (χ0n) is 50.2. The van der Waals surface area contributed by atoms with E-state index < -0.39 is 29.3 Å². The van der Waals surface area contributed by atoms with Crippen LogP contribution in [0.25, 0.3) is 0 Å². The van der Waals surface area contributed by atoms with E-state index in [1.807, 2.05) is 48.7 Å². The van der Waals surface area contributed by atoms with Gasteiger partial charge in [0, 0.05) is 182 Å². The minimum Gasteiger partial charge on any atom is -0.507 e. The number of nitrogens with two attached hydrogens (primary N) is 1. The molecule has 458 valence electrons. The first kappa shape index (κ1) is 67.2. The molecule has 0 aliphatic carbocycles. The van der Waals surface area contributed by atoms with Crippen molar-refractivity contribution < 1.29 is 137 Å². The first-order valence-electron chi connectivity index (χ1n) is 28.7. The van der Waals surface area contributed by atoms with E-state index >= 15 is 0 Å². The minimum atomic E-state index is -0.585. The molecule has 20 nitrogen and oxygen atoms in total. The van der Waals surface area contributed by atoms with E-state index in [1.54, 1.807) is 25.1 Å². The molecule has 1 amide bonds. The Bertz CT molecular complexity index is 3980. The molecule has 2 unspecified atom stereocenters. The molecule has 0 spiro atoms. The van der Waals surface area contributed by atoms with E-state index in [-0.39, 0.29) is 196 Å². The summed E-state index contributed by atoms with van der Waals surface area (Å²) in [4.78, 5) is 40.4. The van der Waals surface area contributed by atoms with Crippen molar-refractivity contribution in [2.45, 2.75) is 128 Å². The van der Waals surface area contributed by atoms with Gasteiger partial charge in [0.1, 0.15) is 45.4 Å². The SMILES string of the molecule is Cc1cc2c(c(O)c1C)[C@@H]1C3Cc4c(O)c(C)c5c(c4[C@H](CN)N3[C@@H](C#N)[C@H](C2)N1C)OCO5.Cc1cc2c(c(O)c1C)[C@@H]1C3Cc4c(O)c(C)c5c(c4[C@H](CNC(=O)c4cccnc4Cl)N3[C@@H](C#N)[C@H](C2)N1C)OCO5.O=C(Cl)c1cccnc1Cl.[Ac].[Ac]. The van der Waals surface area contributed by atoms with E-state index in [4.69, 9.17) is 59.5 Å². The van der Waals surface area contributed by atoms with Gasteiger partial charge in [-0.1, -0.05) is 35.3 Å². The van der Waals surface area contributed by atoms with Crippen molar-refractivity contribution in [3.63, 3.8) is 0 Å². The number of carbonyl (C=O) groups is 2. The Kier molecular flexibility index (Phi) is 19.9. The zero-order chi connectivity index (χ0) is 61.9. The summed E-state index contributed by atoms with van der Waals surface area (Å²) in [7, 11) is 4.06. The van der Waals surface area contributed by atoms with Gasteiger partial charge in [-0.3, -0.25) is 29.2 Å². The molecule has 2 fully saturated rings. The van der Waals surface area contributed by atoms with E-state index in [9.17, 15) is 40.5 Å². The Morgan fingerprint density at radius 1 is 0.618 bits per heavy atom. The van der Waals surface area contributed by atoms with Crippen LogP contribution in [0.2, 0.25) is 10.3 Å². The normalized spacial score (nSPS) is 24.5. The van der Waals surface area contributed by atoms with Crippen LogP contribution in [0.5, 0.6) is 46.0 Å². The van der Waals surface area contributed by atoms with Crippen LogP contribution in [0.4, 0.5) is 0 Å². The number of hydrogen-bond acceptors (Lipinski definition) is 19. The van der Waals surface area contributed by atoms with Crippen molar-refractivity contribution in [2.75, 3.05) is 40.8 Å². The van der Waals surface area contributed by atoms with Crippen molar-refractivity contribution in [1.29, 1.82) is 10.5 Å². The van der Waals surface area contributed by atoms with E-state index in [0.717, 1.165) is 55.6 Å². The Hall–Kier alpha value is -4.75. The van der Waals surface area contributed by atoms with Gasteiger partial charge in [0.2, 0.25) is 13.6 Å². The van der Waals surface area contributed by atoms with Crippen LogP contribution in [-0.2, 0) is 25.7 Å². The largest absolute Gasteiger partial charge is 0.507 e. The summed E-state index contributed by atoms with van der Waals surface area (Å²) in [6.07, 6.45) is 5.20. The maximum absolute atomic E-state index is 13.3. The van der Waals surface area contributed by atoms with Gasteiger partial charge in [-0.25, -0.2) is 9.97 Å². The Labute approximate surface area is 602 Å². The number of amides is 1. The number of nitriles is 2. The number of pyridine rings is 2. The van der Waals surface area contributed by atoms with Crippen LogP contribution in [0.1, 0.15) is 123 Å². The molecule has 2 saturated heterocycles. The smallest absolute Gasteiger partial charge is 0.255 e. The number of likely N-dealkylation sites (N-methyl/N-ethyl adjacent to an activating group) is 2. The summed E-state index contributed by atoms with van der Waals surface area (Å²) in [5.41, 5.74) is 18.9. The van der Waals surface area contributed by atoms with Gasteiger partial charge >= 0.3 is 0 Å². The third-order valence-electron chi connectivity index (χ3n) is 19.6. The third kappa shape index (κ3) is 10.9. The molecule has 2 radical (unpaired) electrons. The summed E-state index contributed by atoms with van der Waals surface area (Å²) in [5, 5.41) is 69.4. The van der Waals surface area contributed by atoms with Gasteiger partial charge in [-0.05, 0) is 151 Å². The number of phenols is 4. The molecule has 4 bridgehead atoms. The van der Waals surface area contributed by atoms with Gasteiger partial charge in [0.25, 0.3) is 11.1 Å². The van der Waals surface area contributed by atoms with E-state index in [1.165, 1.54) is 18.5 Å². The Balaban J connectivity index is 0.000000169. The number of nitrogens with zero attached hydrogens (tertiary/aromatic N) is 8. The molecule has 25 heteroatoms. The summed E-state index contributed by atoms with van der Waals surface area (Å²) in [5.74, 6) is 2.72. The molecule has 7 N–H and O–H groups in total. The second kappa shape index (κ2) is 26.3. The average molecular weight is 1690 g/mol. The third-order valence-corrected chi connectivity index (χ3v) is 20.4. The monoisotopic (exact) mass is 1690 g/mol. The molecule has 0 saturated carbocycles. The number of aromatic nitrogens is 2. The van der Waals surface area contributed by atoms with E-state index in [0.29, 0.717) is 76.7 Å². The van der Waals surface area contributed by atoms with Crippen molar-refractivity contribution in [3.8, 4) is 58.1 Å². The number of piperazine rings is 2. The Morgan fingerprint density at radius 2 is 1.03 bits per heavy atom. The summed E-state index contributed by atoms with van der Waals surface area (Å²) < 4.78 is 23.4. The van der Waals surface area contributed by atoms with Crippen LogP contribution >= 0.6 is 34.8 Å². The zero-order valence-corrected chi connectivity index (χ0v) is 62.0. The van der Waals surface area contributed by atoms with Gasteiger partial charge in [-0.15, -0.1) is 0 Å². The standard InChI is InChI=1S/C32H32ClN5O5.C26H30N4O4.C6H3Cl2NO.2Ac/c1-14-8-17-9-20-22(11-34)38-21(26(37(20)4)24(17)28(40)15(14)2)10-19-25(30-29(42-13-43-30)16(3)27(19)39)23(38)12-36-32(41)18-6-5-7-35-31(18)33;1-11-5-14-6-16-18(8-27)30-17(22(29(16)4)20(14)24(32)12(11)2)7-15-21(19(30)9-28)26-25(33-10-34-26)13(3)23(15)31;7-5-4(6(8)10)2-1-3-9-5;;/h5-8,20-23,26,39-40H,9-10,12-13H2,1-4H3,(H,36,41);5,16-19,22,31-32H,6-7,9-10,28H2,1-4H3;1-3H;;/t20-,21?,22-,23-,26-;16-,17?,18-,19-,22-;;;/m00.../s1. The molecule has 14 rings (SSSR count). The molecule has 8 aliphatic heterocycles.